The van der Waals surface area contributed by atoms with Gasteiger partial charge in [0.2, 0.25) is 0 Å². The zero-order valence-corrected chi connectivity index (χ0v) is 24.1. The van der Waals surface area contributed by atoms with Crippen LogP contribution in [-0.4, -0.2) is 41.4 Å². The number of thioether (sulfide) groups is 1. The second kappa shape index (κ2) is 13.4. The first kappa shape index (κ1) is 27.7. The fraction of sp³-hybridized carbons (Fsp3) is 0.320. The fourth-order valence-electron chi connectivity index (χ4n) is 3.26. The summed E-state index contributed by atoms with van der Waals surface area (Å²) in [5.41, 5.74) is 1.78. The lowest BCUT2D eigenvalue weighted by molar-refractivity contribution is -0.144. The standard InChI is InChI=1S/C25H25Br2NO5S2/c1-3-10-32-22(29)8-5-9-28-24(30)21(35-25(28)34)14-17-12-19(27)23(20(13-17)31-2)33-15-16-6-4-7-18(26)11-16/h4,6-7,11-14H,3,5,8-10,15H2,1-2H3/b21-14+. The number of hydrogen-bond acceptors (Lipinski definition) is 7. The van der Waals surface area contributed by atoms with Crippen LogP contribution in [0, 0.1) is 0 Å². The highest BCUT2D eigenvalue weighted by atomic mass is 79.9. The van der Waals surface area contributed by atoms with Gasteiger partial charge in [0.25, 0.3) is 5.91 Å². The van der Waals surface area contributed by atoms with Gasteiger partial charge in [-0.3, -0.25) is 14.5 Å². The normalized spacial score (nSPS) is 14.5. The van der Waals surface area contributed by atoms with E-state index in [1.807, 2.05) is 43.3 Å². The van der Waals surface area contributed by atoms with Gasteiger partial charge in [-0.2, -0.15) is 0 Å². The van der Waals surface area contributed by atoms with Gasteiger partial charge in [0.1, 0.15) is 10.9 Å². The summed E-state index contributed by atoms with van der Waals surface area (Å²) in [6.07, 6.45) is 3.30. The average Bonchev–Trinajstić information content (AvgIpc) is 3.09. The molecule has 186 valence electrons. The fourth-order valence-corrected chi connectivity index (χ4v) is 5.59. The molecule has 0 aliphatic carbocycles. The van der Waals surface area contributed by atoms with Crippen molar-refractivity contribution in [1.29, 1.82) is 0 Å². The number of hydrogen-bond donors (Lipinski definition) is 0. The van der Waals surface area contributed by atoms with Crippen molar-refractivity contribution in [3.8, 4) is 11.5 Å². The molecule has 1 saturated heterocycles. The smallest absolute Gasteiger partial charge is 0.305 e. The molecular weight excluding hydrogens is 618 g/mol. The zero-order valence-electron chi connectivity index (χ0n) is 19.3. The van der Waals surface area contributed by atoms with Gasteiger partial charge in [-0.25, -0.2) is 0 Å². The number of esters is 1. The Balaban J connectivity index is 1.68. The number of carbonyl (C=O) groups excluding carboxylic acids is 2. The van der Waals surface area contributed by atoms with Gasteiger partial charge in [0, 0.05) is 17.4 Å². The Bertz CT molecular complexity index is 1140. The topological polar surface area (TPSA) is 65.1 Å². The predicted molar refractivity (Wildman–Crippen MR) is 150 cm³/mol. The number of thiocarbonyl (C=S) groups is 1. The van der Waals surface area contributed by atoms with Crippen molar-refractivity contribution in [2.45, 2.75) is 32.8 Å². The molecule has 1 amide bonds. The minimum absolute atomic E-state index is 0.174. The van der Waals surface area contributed by atoms with E-state index in [-0.39, 0.29) is 18.3 Å². The van der Waals surface area contributed by atoms with E-state index in [4.69, 9.17) is 26.4 Å². The third-order valence-corrected chi connectivity index (χ3v) is 7.39. The molecule has 3 rings (SSSR count). The number of ether oxygens (including phenoxy) is 3. The Morgan fingerprint density at radius 2 is 2.03 bits per heavy atom. The van der Waals surface area contributed by atoms with Gasteiger partial charge in [0.15, 0.2) is 11.5 Å². The summed E-state index contributed by atoms with van der Waals surface area (Å²) in [4.78, 5) is 26.7. The molecule has 1 aliphatic heterocycles. The van der Waals surface area contributed by atoms with Crippen LogP contribution < -0.4 is 9.47 Å². The Morgan fingerprint density at radius 3 is 2.74 bits per heavy atom. The second-order valence-electron chi connectivity index (χ2n) is 7.61. The lowest BCUT2D eigenvalue weighted by atomic mass is 10.1. The molecule has 0 saturated carbocycles. The summed E-state index contributed by atoms with van der Waals surface area (Å²) in [5, 5.41) is 0. The summed E-state index contributed by atoms with van der Waals surface area (Å²) < 4.78 is 18.8. The van der Waals surface area contributed by atoms with E-state index in [9.17, 15) is 9.59 Å². The molecule has 6 nitrogen and oxygen atoms in total. The molecule has 0 bridgehead atoms. The van der Waals surface area contributed by atoms with E-state index in [1.165, 1.54) is 16.7 Å². The number of benzene rings is 2. The lowest BCUT2D eigenvalue weighted by Crippen LogP contribution is -2.29. The molecule has 1 fully saturated rings. The van der Waals surface area contributed by atoms with E-state index < -0.39 is 0 Å². The van der Waals surface area contributed by atoms with Crippen molar-refractivity contribution in [3.05, 3.63) is 61.4 Å². The number of amides is 1. The monoisotopic (exact) mass is 641 g/mol. The van der Waals surface area contributed by atoms with Crippen molar-refractivity contribution in [1.82, 2.24) is 4.90 Å². The largest absolute Gasteiger partial charge is 0.493 e. The van der Waals surface area contributed by atoms with E-state index >= 15 is 0 Å². The lowest BCUT2D eigenvalue weighted by Gasteiger charge is -2.14. The molecule has 0 atom stereocenters. The maximum absolute atomic E-state index is 12.9. The van der Waals surface area contributed by atoms with Crippen LogP contribution in [0.25, 0.3) is 6.08 Å². The second-order valence-corrected chi connectivity index (χ2v) is 11.1. The van der Waals surface area contributed by atoms with Crippen LogP contribution in [0.1, 0.15) is 37.3 Å². The number of rotatable bonds is 11. The van der Waals surface area contributed by atoms with Gasteiger partial charge >= 0.3 is 5.97 Å². The summed E-state index contributed by atoms with van der Waals surface area (Å²) in [6, 6.07) is 11.6. The first-order chi connectivity index (χ1) is 16.8. The van der Waals surface area contributed by atoms with Crippen LogP contribution in [0.15, 0.2) is 50.2 Å². The third kappa shape index (κ3) is 7.80. The highest BCUT2D eigenvalue weighted by Crippen LogP contribution is 2.39. The molecule has 0 unspecified atom stereocenters. The van der Waals surface area contributed by atoms with Gasteiger partial charge in [0.05, 0.1) is 23.1 Å². The number of nitrogens with zero attached hydrogens (tertiary/aromatic N) is 1. The maximum atomic E-state index is 12.9. The van der Waals surface area contributed by atoms with Crippen molar-refractivity contribution in [2.75, 3.05) is 20.3 Å². The van der Waals surface area contributed by atoms with Gasteiger partial charge in [-0.1, -0.05) is 59.0 Å². The van der Waals surface area contributed by atoms with Crippen LogP contribution in [-0.2, 0) is 20.9 Å². The van der Waals surface area contributed by atoms with Crippen molar-refractivity contribution in [2.24, 2.45) is 0 Å². The summed E-state index contributed by atoms with van der Waals surface area (Å²) in [5.74, 6) is 0.688. The Kier molecular flexibility index (Phi) is 10.6. The Morgan fingerprint density at radius 1 is 1.23 bits per heavy atom. The molecule has 2 aromatic carbocycles. The van der Waals surface area contributed by atoms with E-state index in [0.29, 0.717) is 51.4 Å². The summed E-state index contributed by atoms with van der Waals surface area (Å²) in [6.45, 7) is 3.10. The maximum Gasteiger partial charge on any atom is 0.305 e. The highest BCUT2D eigenvalue weighted by Gasteiger charge is 2.31. The van der Waals surface area contributed by atoms with Gasteiger partial charge in [-0.15, -0.1) is 0 Å². The van der Waals surface area contributed by atoms with Crippen LogP contribution in [0.3, 0.4) is 0 Å². The first-order valence-electron chi connectivity index (χ1n) is 11.0. The van der Waals surface area contributed by atoms with Crippen molar-refractivity contribution >= 4 is 78.1 Å². The number of halogens is 2. The molecular formula is C25H25Br2NO5S2. The quantitative estimate of drug-likeness (QED) is 0.153. The SMILES string of the molecule is CCCOC(=O)CCCN1C(=O)/C(=C\c2cc(Br)c(OCc3cccc(Br)c3)c(OC)c2)SC1=S. The van der Waals surface area contributed by atoms with Gasteiger partial charge in [-0.05, 0) is 70.2 Å². The number of methoxy groups -OCH3 is 1. The van der Waals surface area contributed by atoms with E-state index in [0.717, 1.165) is 22.0 Å². The highest BCUT2D eigenvalue weighted by molar-refractivity contribution is 9.10. The van der Waals surface area contributed by atoms with E-state index in [2.05, 4.69) is 31.9 Å². The molecule has 10 heteroatoms. The van der Waals surface area contributed by atoms with Gasteiger partial charge < -0.3 is 14.2 Å². The van der Waals surface area contributed by atoms with Crippen molar-refractivity contribution < 1.29 is 23.8 Å². The molecule has 1 heterocycles. The zero-order chi connectivity index (χ0) is 25.4. The first-order valence-corrected chi connectivity index (χ1v) is 13.8. The van der Waals surface area contributed by atoms with Crippen LogP contribution in [0.5, 0.6) is 11.5 Å². The summed E-state index contributed by atoms with van der Waals surface area (Å²) >= 11 is 13.7. The van der Waals surface area contributed by atoms with Crippen LogP contribution in [0.2, 0.25) is 0 Å². The molecule has 2 aromatic rings. The summed E-state index contributed by atoms with van der Waals surface area (Å²) in [7, 11) is 1.57. The third-order valence-electron chi connectivity index (χ3n) is 4.93. The molecule has 0 aromatic heterocycles. The molecule has 35 heavy (non-hydrogen) atoms. The van der Waals surface area contributed by atoms with E-state index in [1.54, 1.807) is 13.2 Å². The minimum atomic E-state index is -0.257. The Hall–Kier alpha value is -1.88. The Labute approximate surface area is 231 Å². The minimum Gasteiger partial charge on any atom is -0.493 e. The van der Waals surface area contributed by atoms with Crippen LogP contribution in [0.4, 0.5) is 0 Å². The van der Waals surface area contributed by atoms with Crippen LogP contribution >= 0.6 is 55.8 Å². The predicted octanol–water partition coefficient (Wildman–Crippen LogP) is 6.73. The average molecular weight is 643 g/mol. The van der Waals surface area contributed by atoms with Crippen molar-refractivity contribution in [3.63, 3.8) is 0 Å². The molecule has 0 radical (unpaired) electrons. The number of carbonyl (C=O) groups is 2. The molecule has 1 aliphatic rings. The molecule has 0 spiro atoms. The molecule has 0 N–H and O–H groups in total.